The van der Waals surface area contributed by atoms with Gasteiger partial charge in [0.1, 0.15) is 0 Å². The van der Waals surface area contributed by atoms with Crippen LogP contribution in [-0.4, -0.2) is 0 Å². The van der Waals surface area contributed by atoms with Crippen LogP contribution in [0.15, 0.2) is 24.3 Å². The van der Waals surface area contributed by atoms with Crippen molar-refractivity contribution in [3.05, 3.63) is 35.4 Å². The van der Waals surface area contributed by atoms with Crippen molar-refractivity contribution >= 4 is 9.69 Å². The van der Waals surface area contributed by atoms with Gasteiger partial charge >= 0.3 is 27.0 Å². The van der Waals surface area contributed by atoms with Gasteiger partial charge in [0.15, 0.2) is 0 Å². The third kappa shape index (κ3) is 4.23. The molecule has 1 aromatic carbocycles. The van der Waals surface area contributed by atoms with E-state index in [2.05, 4.69) is 54.7 Å². The van der Waals surface area contributed by atoms with E-state index in [-0.39, 0.29) is 0 Å². The van der Waals surface area contributed by atoms with Gasteiger partial charge in [-0.3, -0.25) is 0 Å². The molecule has 0 unspecified atom stereocenters. The summed E-state index contributed by atoms with van der Waals surface area (Å²) in [6, 6.07) is 8.71. The van der Waals surface area contributed by atoms with E-state index in [0.717, 1.165) is 0 Å². The van der Waals surface area contributed by atoms with Crippen LogP contribution < -0.4 is 0 Å². The van der Waals surface area contributed by atoms with Crippen LogP contribution in [-0.2, 0) is 17.3 Å². The van der Waals surface area contributed by atoms with Crippen molar-refractivity contribution in [1.29, 1.82) is 0 Å². The molecular formula is C10H14ClRu+. The molecule has 0 saturated carbocycles. The van der Waals surface area contributed by atoms with Crippen LogP contribution in [0.25, 0.3) is 0 Å². The van der Waals surface area contributed by atoms with Crippen molar-refractivity contribution in [2.75, 3.05) is 0 Å². The van der Waals surface area contributed by atoms with E-state index in [4.69, 9.17) is 0 Å². The van der Waals surface area contributed by atoms with E-state index in [0.29, 0.717) is 5.92 Å². The molecular weight excluding hydrogens is 257 g/mol. The Morgan fingerprint density at radius 2 is 1.50 bits per heavy atom. The molecule has 0 spiro atoms. The van der Waals surface area contributed by atoms with E-state index >= 15 is 0 Å². The number of rotatable bonds is 1. The zero-order valence-electron chi connectivity index (χ0n) is 7.62. The molecule has 0 aromatic heterocycles. The third-order valence-corrected chi connectivity index (χ3v) is 1.74. The maximum absolute atomic E-state index is 4.57. The molecule has 0 bridgehead atoms. The van der Waals surface area contributed by atoms with Gasteiger partial charge in [-0.1, -0.05) is 43.7 Å². The van der Waals surface area contributed by atoms with E-state index in [1.54, 1.807) is 0 Å². The third-order valence-electron chi connectivity index (χ3n) is 1.74. The minimum atomic E-state index is 0.653. The maximum atomic E-state index is 4.57. The van der Waals surface area contributed by atoms with Crippen LogP contribution >= 0.6 is 9.69 Å². The Hall–Kier alpha value is 0.133. The molecule has 1 aromatic rings. The minimum absolute atomic E-state index is 0.653. The SMILES string of the molecule is Cc1ccc(C(C)C)cc1.[Cl][Ru+]. The van der Waals surface area contributed by atoms with E-state index < -0.39 is 0 Å². The van der Waals surface area contributed by atoms with Crippen LogP contribution in [0.4, 0.5) is 0 Å². The van der Waals surface area contributed by atoms with Gasteiger partial charge in [-0.25, -0.2) is 0 Å². The molecule has 0 nitrogen and oxygen atoms in total. The number of hydrogen-bond acceptors (Lipinski definition) is 0. The molecule has 68 valence electrons. The molecule has 0 aliphatic carbocycles. The Labute approximate surface area is 89.0 Å². The van der Waals surface area contributed by atoms with Crippen LogP contribution in [0.1, 0.15) is 30.9 Å². The molecule has 0 aliphatic heterocycles. The molecule has 12 heavy (non-hydrogen) atoms. The van der Waals surface area contributed by atoms with Crippen LogP contribution in [0.3, 0.4) is 0 Å². The second-order valence-electron chi connectivity index (χ2n) is 3.07. The molecule has 0 aliphatic rings. The quantitative estimate of drug-likeness (QED) is 0.681. The molecule has 0 N–H and O–H groups in total. The van der Waals surface area contributed by atoms with Gasteiger partial charge in [-0.2, -0.15) is 0 Å². The summed E-state index contributed by atoms with van der Waals surface area (Å²) in [5, 5.41) is 0. The zero-order chi connectivity index (χ0) is 9.56. The Bertz CT molecular complexity index is 204. The molecule has 0 radical (unpaired) electrons. The summed E-state index contributed by atoms with van der Waals surface area (Å²) in [6.45, 7) is 6.54. The van der Waals surface area contributed by atoms with Crippen molar-refractivity contribution in [3.63, 3.8) is 0 Å². The zero-order valence-corrected chi connectivity index (χ0v) is 10.1. The number of benzene rings is 1. The first-order chi connectivity index (χ1) is 5.70. The van der Waals surface area contributed by atoms with Crippen LogP contribution in [0.2, 0.25) is 0 Å². The predicted octanol–water partition coefficient (Wildman–Crippen LogP) is 3.81. The first-order valence-electron chi connectivity index (χ1n) is 3.90. The number of hydrogen-bond donors (Lipinski definition) is 0. The summed E-state index contributed by atoms with van der Waals surface area (Å²) in [5.74, 6) is 0.653. The van der Waals surface area contributed by atoms with E-state index in [1.165, 1.54) is 11.1 Å². The monoisotopic (exact) mass is 271 g/mol. The van der Waals surface area contributed by atoms with Crippen molar-refractivity contribution < 1.29 is 17.3 Å². The van der Waals surface area contributed by atoms with Gasteiger partial charge in [0.25, 0.3) is 0 Å². The summed E-state index contributed by atoms with van der Waals surface area (Å²) >= 11 is 1.82. The standard InChI is InChI=1S/C10H14.ClH.Ru/c1-8(2)10-6-4-9(3)5-7-10;;/h4-8H,1-3H3;1H;/q;;+2/p-1. The summed E-state index contributed by atoms with van der Waals surface area (Å²) < 4.78 is 0. The fourth-order valence-corrected chi connectivity index (χ4v) is 0.951. The predicted molar refractivity (Wildman–Crippen MR) is 51.1 cm³/mol. The van der Waals surface area contributed by atoms with Gasteiger partial charge < -0.3 is 0 Å². The van der Waals surface area contributed by atoms with Gasteiger partial charge in [0, 0.05) is 0 Å². The second kappa shape index (κ2) is 6.63. The fourth-order valence-electron chi connectivity index (χ4n) is 0.951. The Morgan fingerprint density at radius 1 is 1.08 bits per heavy atom. The van der Waals surface area contributed by atoms with E-state index in [9.17, 15) is 0 Å². The molecule has 0 amide bonds. The van der Waals surface area contributed by atoms with Crippen molar-refractivity contribution in [2.45, 2.75) is 26.7 Å². The van der Waals surface area contributed by atoms with Crippen molar-refractivity contribution in [3.8, 4) is 0 Å². The van der Waals surface area contributed by atoms with Gasteiger partial charge in [0.05, 0.1) is 0 Å². The average Bonchev–Trinajstić information content (AvgIpc) is 2.09. The average molecular weight is 271 g/mol. The number of aryl methyl sites for hydroxylation is 1. The van der Waals surface area contributed by atoms with Crippen LogP contribution in [0, 0.1) is 6.92 Å². The molecule has 1 rings (SSSR count). The first-order valence-corrected chi connectivity index (χ1v) is 6.14. The summed E-state index contributed by atoms with van der Waals surface area (Å²) in [7, 11) is 4.57. The van der Waals surface area contributed by atoms with Gasteiger partial charge in [-0.05, 0) is 18.4 Å². The summed E-state index contributed by atoms with van der Waals surface area (Å²) in [5.41, 5.74) is 2.76. The normalized spacial score (nSPS) is 9.17. The number of halogens is 1. The molecule has 0 heterocycles. The fraction of sp³-hybridized carbons (Fsp3) is 0.400. The molecule has 0 saturated heterocycles. The summed E-state index contributed by atoms with van der Waals surface area (Å²) in [4.78, 5) is 0. The van der Waals surface area contributed by atoms with Crippen molar-refractivity contribution in [1.82, 2.24) is 0 Å². The second-order valence-corrected chi connectivity index (χ2v) is 3.07. The Balaban J connectivity index is 0.000000561. The Morgan fingerprint density at radius 3 is 1.83 bits per heavy atom. The molecule has 2 heteroatoms. The van der Waals surface area contributed by atoms with E-state index in [1.807, 2.05) is 17.3 Å². The summed E-state index contributed by atoms with van der Waals surface area (Å²) in [6.07, 6.45) is 0. The Kier molecular flexibility index (Phi) is 6.70. The molecule has 0 atom stereocenters. The molecule has 0 fully saturated rings. The van der Waals surface area contributed by atoms with Crippen molar-refractivity contribution in [2.24, 2.45) is 0 Å². The van der Waals surface area contributed by atoms with Gasteiger partial charge in [0.2, 0.25) is 0 Å². The van der Waals surface area contributed by atoms with Gasteiger partial charge in [-0.15, -0.1) is 0 Å². The van der Waals surface area contributed by atoms with Crippen LogP contribution in [0.5, 0.6) is 0 Å². The topological polar surface area (TPSA) is 0 Å². The first kappa shape index (κ1) is 12.1.